The van der Waals surface area contributed by atoms with Crippen LogP contribution in [0.15, 0.2) is 54.6 Å². The average molecular weight is 375 g/mol. The Morgan fingerprint density at radius 1 is 1.33 bits per heavy atom. The van der Waals surface area contributed by atoms with Gasteiger partial charge in [-0.1, -0.05) is 54.6 Å². The molecule has 1 aliphatic heterocycles. The van der Waals surface area contributed by atoms with Crippen LogP contribution in [-0.2, 0) is 20.7 Å². The Morgan fingerprint density at radius 3 is 2.85 bits per heavy atom. The standard InChI is InChI=1S/C20H25NO6/c22-18(14-16-6-2-1-3-7-16)9-8-17-10-13-27-20(25)21(17)11-4-5-12-26-15-19(23)24/h1-9,17-18,22H,10-15H2,(H,23,24)/b5-4-,9-8+/t17-,18?/m0/s1. The van der Waals surface area contributed by atoms with Crippen LogP contribution in [0.1, 0.15) is 12.0 Å². The van der Waals surface area contributed by atoms with Crippen LogP contribution in [0.3, 0.4) is 0 Å². The van der Waals surface area contributed by atoms with Gasteiger partial charge in [-0.3, -0.25) is 4.90 Å². The molecular formula is C20H25NO6. The number of amides is 1. The number of ether oxygens (including phenoxy) is 2. The highest BCUT2D eigenvalue weighted by atomic mass is 16.6. The highest BCUT2D eigenvalue weighted by Gasteiger charge is 2.26. The number of carboxylic acids is 1. The van der Waals surface area contributed by atoms with Crippen molar-refractivity contribution in [3.05, 3.63) is 60.2 Å². The Labute approximate surface area is 158 Å². The summed E-state index contributed by atoms with van der Waals surface area (Å²) in [5.74, 6) is -1.03. The summed E-state index contributed by atoms with van der Waals surface area (Å²) in [6.45, 7) is 0.454. The van der Waals surface area contributed by atoms with E-state index in [0.29, 0.717) is 26.0 Å². The lowest BCUT2D eigenvalue weighted by Gasteiger charge is -2.32. The molecule has 0 aliphatic carbocycles. The van der Waals surface area contributed by atoms with Gasteiger partial charge in [0.1, 0.15) is 6.61 Å². The van der Waals surface area contributed by atoms with Gasteiger partial charge in [0.15, 0.2) is 0 Å². The highest BCUT2D eigenvalue weighted by molar-refractivity contribution is 5.69. The molecule has 0 spiro atoms. The molecule has 2 N–H and O–H groups in total. The van der Waals surface area contributed by atoms with Crippen LogP contribution >= 0.6 is 0 Å². The summed E-state index contributed by atoms with van der Waals surface area (Å²) in [6.07, 6.45) is 7.05. The van der Waals surface area contributed by atoms with Crippen molar-refractivity contribution in [2.75, 3.05) is 26.4 Å². The van der Waals surface area contributed by atoms with Gasteiger partial charge in [-0.2, -0.15) is 0 Å². The number of benzene rings is 1. The second-order valence-electron chi connectivity index (χ2n) is 6.14. The minimum atomic E-state index is -1.03. The molecule has 0 saturated carbocycles. The van der Waals surface area contributed by atoms with Crippen molar-refractivity contribution in [2.45, 2.75) is 25.0 Å². The smallest absolute Gasteiger partial charge is 0.410 e. The largest absolute Gasteiger partial charge is 0.480 e. The van der Waals surface area contributed by atoms with Crippen molar-refractivity contribution < 1.29 is 29.3 Å². The van der Waals surface area contributed by atoms with E-state index in [9.17, 15) is 14.7 Å². The number of aliphatic hydroxyl groups is 1. The third-order valence-corrected chi connectivity index (χ3v) is 4.03. The van der Waals surface area contributed by atoms with Crippen molar-refractivity contribution in [3.63, 3.8) is 0 Å². The number of hydrogen-bond donors (Lipinski definition) is 2. The number of carboxylic acid groups (broad SMARTS) is 1. The number of aliphatic carboxylic acids is 1. The second-order valence-corrected chi connectivity index (χ2v) is 6.14. The molecule has 27 heavy (non-hydrogen) atoms. The van der Waals surface area contributed by atoms with Crippen molar-refractivity contribution in [1.82, 2.24) is 4.90 Å². The van der Waals surface area contributed by atoms with E-state index in [1.165, 1.54) is 0 Å². The molecule has 1 heterocycles. The first-order valence-electron chi connectivity index (χ1n) is 8.84. The second kappa shape index (κ2) is 11.2. The number of aliphatic hydroxyl groups excluding tert-OH is 1. The third kappa shape index (κ3) is 7.64. The lowest BCUT2D eigenvalue weighted by atomic mass is 10.1. The summed E-state index contributed by atoms with van der Waals surface area (Å²) < 4.78 is 9.99. The zero-order valence-corrected chi connectivity index (χ0v) is 15.1. The maximum atomic E-state index is 12.0. The van der Waals surface area contributed by atoms with Gasteiger partial charge in [0.05, 0.1) is 25.4 Å². The summed E-state index contributed by atoms with van der Waals surface area (Å²) in [7, 11) is 0. The van der Waals surface area contributed by atoms with Crippen LogP contribution in [0, 0.1) is 0 Å². The first kappa shape index (κ1) is 20.7. The molecule has 7 heteroatoms. The molecule has 146 valence electrons. The molecule has 1 unspecified atom stereocenters. The molecule has 1 fully saturated rings. The maximum Gasteiger partial charge on any atom is 0.410 e. The zero-order valence-electron chi connectivity index (χ0n) is 15.1. The first-order chi connectivity index (χ1) is 13.1. The van der Waals surface area contributed by atoms with E-state index in [0.717, 1.165) is 5.56 Å². The molecule has 7 nitrogen and oxygen atoms in total. The fourth-order valence-electron chi connectivity index (χ4n) is 2.70. The molecule has 1 amide bonds. The molecule has 0 aromatic heterocycles. The van der Waals surface area contributed by atoms with Crippen LogP contribution in [0.25, 0.3) is 0 Å². The SMILES string of the molecule is O=C(O)COC/C=C\CN1C(=O)OCC[C@@H]1/C=C/C(O)Cc1ccccc1. The summed E-state index contributed by atoms with van der Waals surface area (Å²) in [5.41, 5.74) is 1.04. The van der Waals surface area contributed by atoms with Crippen LogP contribution in [0.4, 0.5) is 4.79 Å². The molecule has 1 aromatic rings. The van der Waals surface area contributed by atoms with Gasteiger partial charge in [-0.05, 0) is 5.56 Å². The van der Waals surface area contributed by atoms with Crippen LogP contribution in [0.2, 0.25) is 0 Å². The number of nitrogens with zero attached hydrogens (tertiary/aromatic N) is 1. The molecular weight excluding hydrogens is 350 g/mol. The van der Waals surface area contributed by atoms with Crippen LogP contribution in [0.5, 0.6) is 0 Å². The predicted octanol–water partition coefficient (Wildman–Crippen LogP) is 2.01. The summed E-state index contributed by atoms with van der Waals surface area (Å²) in [6, 6.07) is 9.53. The van der Waals surface area contributed by atoms with E-state index in [1.54, 1.807) is 23.1 Å². The summed E-state index contributed by atoms with van der Waals surface area (Å²) in [5, 5.41) is 18.7. The first-order valence-corrected chi connectivity index (χ1v) is 8.84. The summed E-state index contributed by atoms with van der Waals surface area (Å²) >= 11 is 0. The lowest BCUT2D eigenvalue weighted by Crippen LogP contribution is -2.44. The monoisotopic (exact) mass is 375 g/mol. The van der Waals surface area contributed by atoms with Crippen LogP contribution in [-0.4, -0.2) is 65.7 Å². The minimum Gasteiger partial charge on any atom is -0.480 e. The van der Waals surface area contributed by atoms with Gasteiger partial charge in [0.2, 0.25) is 0 Å². The average Bonchev–Trinajstić information content (AvgIpc) is 2.65. The van der Waals surface area contributed by atoms with E-state index in [4.69, 9.17) is 14.6 Å². The van der Waals surface area contributed by atoms with E-state index >= 15 is 0 Å². The Balaban J connectivity index is 1.85. The molecule has 2 rings (SSSR count). The fraction of sp³-hybridized carbons (Fsp3) is 0.400. The highest BCUT2D eigenvalue weighted by Crippen LogP contribution is 2.15. The van der Waals surface area contributed by atoms with Gasteiger partial charge in [-0.15, -0.1) is 0 Å². The molecule has 1 saturated heterocycles. The van der Waals surface area contributed by atoms with Crippen molar-refractivity contribution in [2.24, 2.45) is 0 Å². The molecule has 1 aliphatic rings. The number of carbonyl (C=O) groups is 2. The summed E-state index contributed by atoms with van der Waals surface area (Å²) in [4.78, 5) is 23.9. The van der Waals surface area contributed by atoms with Gasteiger partial charge in [-0.25, -0.2) is 9.59 Å². The van der Waals surface area contributed by atoms with Gasteiger partial charge in [0, 0.05) is 19.4 Å². The molecule has 0 radical (unpaired) electrons. The van der Waals surface area contributed by atoms with Crippen LogP contribution < -0.4 is 0 Å². The van der Waals surface area contributed by atoms with E-state index in [-0.39, 0.29) is 19.3 Å². The number of carbonyl (C=O) groups excluding carboxylic acids is 1. The van der Waals surface area contributed by atoms with Gasteiger partial charge in [0.25, 0.3) is 0 Å². The Bertz CT molecular complexity index is 658. The van der Waals surface area contributed by atoms with E-state index < -0.39 is 18.2 Å². The third-order valence-electron chi connectivity index (χ3n) is 4.03. The Morgan fingerprint density at radius 2 is 2.11 bits per heavy atom. The lowest BCUT2D eigenvalue weighted by molar-refractivity contribution is -0.141. The van der Waals surface area contributed by atoms with E-state index in [1.807, 2.05) is 36.4 Å². The van der Waals surface area contributed by atoms with Crippen molar-refractivity contribution in [3.8, 4) is 0 Å². The normalized spacial score (nSPS) is 18.8. The molecule has 2 atom stereocenters. The number of hydrogen-bond acceptors (Lipinski definition) is 5. The van der Waals surface area contributed by atoms with Crippen molar-refractivity contribution in [1.29, 1.82) is 0 Å². The zero-order chi connectivity index (χ0) is 19.5. The number of rotatable bonds is 10. The number of cyclic esters (lactones) is 1. The Kier molecular flexibility index (Phi) is 8.54. The quantitative estimate of drug-likeness (QED) is 0.480. The van der Waals surface area contributed by atoms with Gasteiger partial charge >= 0.3 is 12.1 Å². The minimum absolute atomic E-state index is 0.158. The topological polar surface area (TPSA) is 96.3 Å². The molecule has 0 bridgehead atoms. The maximum absolute atomic E-state index is 12.0. The van der Waals surface area contributed by atoms with Crippen molar-refractivity contribution >= 4 is 12.1 Å². The van der Waals surface area contributed by atoms with Gasteiger partial charge < -0.3 is 19.7 Å². The Hall–Kier alpha value is -2.64. The predicted molar refractivity (Wildman–Crippen MR) is 99.3 cm³/mol. The van der Waals surface area contributed by atoms with E-state index in [2.05, 4.69) is 0 Å². The fourth-order valence-corrected chi connectivity index (χ4v) is 2.70. The molecule has 1 aromatic carbocycles.